The Labute approximate surface area is 272 Å². The van der Waals surface area contributed by atoms with E-state index in [4.69, 9.17) is 33.8 Å². The van der Waals surface area contributed by atoms with Crippen LogP contribution in [0.4, 0.5) is 4.39 Å². The molecule has 2 atom stereocenters. The topological polar surface area (TPSA) is 166 Å². The van der Waals surface area contributed by atoms with E-state index in [9.17, 15) is 4.79 Å². The molecule has 13 heteroatoms. The second kappa shape index (κ2) is 16.3. The van der Waals surface area contributed by atoms with Gasteiger partial charge in [-0.25, -0.2) is 9.18 Å². The standard InChI is InChI=1S/C32H43ClFN9OS/c1-4-7-25(38-10-6-11-39-28(37)16-35)30-27(45-3)15-22(17-40-30)43-18-21-14-26(41-31(21)42-32(43)44)23-12-20(9-5-8-19(2)36)13-24(33)29(23)34/h12-15,17-19,25,38H,4-11,16,35-36H2,1-3H3,(H2,37,39)(H,41,42,44). The number of aryl methyl sites for hydroxylation is 1. The van der Waals surface area contributed by atoms with Crippen LogP contribution in [-0.4, -0.2) is 57.3 Å². The summed E-state index contributed by atoms with van der Waals surface area (Å²) >= 11 is 7.84. The molecule has 1 aromatic carbocycles. The zero-order valence-corrected chi connectivity index (χ0v) is 27.6. The van der Waals surface area contributed by atoms with Gasteiger partial charge in [-0.05, 0) is 81.7 Å². The largest absolute Gasteiger partial charge is 0.386 e. The molecule has 0 aliphatic rings. The quantitative estimate of drug-likeness (QED) is 0.0481. The van der Waals surface area contributed by atoms with Crippen molar-refractivity contribution in [1.82, 2.24) is 24.8 Å². The minimum atomic E-state index is -0.526. The maximum Gasteiger partial charge on any atom is 0.354 e. The number of halogens is 2. The molecule has 242 valence electrons. The van der Waals surface area contributed by atoms with Crippen LogP contribution in [0.3, 0.4) is 0 Å². The molecular weight excluding hydrogens is 613 g/mol. The highest BCUT2D eigenvalue weighted by Gasteiger charge is 2.19. The number of fused-ring (bicyclic) bond motifs is 1. The summed E-state index contributed by atoms with van der Waals surface area (Å²) in [6.07, 6.45) is 10.5. The van der Waals surface area contributed by atoms with Gasteiger partial charge in [0.05, 0.1) is 40.9 Å². The van der Waals surface area contributed by atoms with Crippen molar-refractivity contribution in [3.05, 3.63) is 69.2 Å². The second-order valence-electron chi connectivity index (χ2n) is 11.2. The van der Waals surface area contributed by atoms with Gasteiger partial charge in [0, 0.05) is 34.6 Å². The minimum absolute atomic E-state index is 0.0445. The fourth-order valence-electron chi connectivity index (χ4n) is 5.21. The number of nitrogens with two attached hydrogens (primary N) is 3. The number of aromatic nitrogens is 4. The molecule has 0 bridgehead atoms. The number of rotatable bonds is 16. The van der Waals surface area contributed by atoms with Crippen molar-refractivity contribution in [2.45, 2.75) is 69.4 Å². The van der Waals surface area contributed by atoms with Crippen LogP contribution in [0, 0.1) is 5.82 Å². The molecule has 0 fully saturated rings. The van der Waals surface area contributed by atoms with Crippen LogP contribution in [0.5, 0.6) is 0 Å². The molecule has 0 spiro atoms. The molecule has 4 rings (SSSR count). The van der Waals surface area contributed by atoms with E-state index in [1.807, 2.05) is 19.2 Å². The van der Waals surface area contributed by atoms with E-state index in [-0.39, 0.29) is 23.7 Å². The Hall–Kier alpha value is -3.29. The summed E-state index contributed by atoms with van der Waals surface area (Å²) in [7, 11) is 0. The smallest absolute Gasteiger partial charge is 0.354 e. The molecule has 0 saturated heterocycles. The van der Waals surface area contributed by atoms with Gasteiger partial charge >= 0.3 is 5.69 Å². The molecule has 2 unspecified atom stereocenters. The molecule has 8 N–H and O–H groups in total. The highest BCUT2D eigenvalue weighted by molar-refractivity contribution is 7.98. The molecule has 45 heavy (non-hydrogen) atoms. The molecule has 10 nitrogen and oxygen atoms in total. The Morgan fingerprint density at radius 2 is 2.04 bits per heavy atom. The van der Waals surface area contributed by atoms with Crippen molar-refractivity contribution < 1.29 is 4.39 Å². The van der Waals surface area contributed by atoms with Crippen molar-refractivity contribution in [3.8, 4) is 16.9 Å². The number of hydrogen-bond acceptors (Lipinski definition) is 8. The zero-order chi connectivity index (χ0) is 32.5. The fourth-order valence-corrected chi connectivity index (χ4v) is 6.09. The van der Waals surface area contributed by atoms with E-state index in [1.165, 1.54) is 4.57 Å². The van der Waals surface area contributed by atoms with Gasteiger partial charge in [0.25, 0.3) is 0 Å². The second-order valence-corrected chi connectivity index (χ2v) is 12.5. The van der Waals surface area contributed by atoms with Crippen molar-refractivity contribution in [2.75, 3.05) is 25.9 Å². The van der Waals surface area contributed by atoms with Gasteiger partial charge in [-0.1, -0.05) is 24.9 Å². The third-order valence-corrected chi connectivity index (χ3v) is 8.58. The van der Waals surface area contributed by atoms with Gasteiger partial charge in [-0.15, -0.1) is 11.8 Å². The number of benzene rings is 1. The maximum absolute atomic E-state index is 15.2. The first-order valence-electron chi connectivity index (χ1n) is 15.3. The lowest BCUT2D eigenvalue weighted by molar-refractivity contribution is 0.473. The fraction of sp³-hybridized carbons (Fsp3) is 0.438. The van der Waals surface area contributed by atoms with E-state index in [0.717, 1.165) is 61.2 Å². The first-order chi connectivity index (χ1) is 21.6. The number of pyridine rings is 1. The number of hydrogen-bond donors (Lipinski definition) is 5. The average molecular weight is 656 g/mol. The number of H-pyrrole nitrogens is 1. The summed E-state index contributed by atoms with van der Waals surface area (Å²) < 4.78 is 16.6. The van der Waals surface area contributed by atoms with Crippen molar-refractivity contribution in [2.24, 2.45) is 22.2 Å². The molecule has 0 aliphatic heterocycles. The Kier molecular flexibility index (Phi) is 12.5. The highest BCUT2D eigenvalue weighted by Crippen LogP contribution is 2.32. The minimum Gasteiger partial charge on any atom is -0.386 e. The van der Waals surface area contributed by atoms with Crippen molar-refractivity contribution >= 4 is 40.2 Å². The third-order valence-electron chi connectivity index (χ3n) is 7.53. The Morgan fingerprint density at radius 1 is 1.24 bits per heavy atom. The molecule has 0 aliphatic carbocycles. The van der Waals surface area contributed by atoms with Gasteiger partial charge in [0.2, 0.25) is 0 Å². The summed E-state index contributed by atoms with van der Waals surface area (Å²) in [6, 6.07) is 7.32. The SMILES string of the molecule is CCCC(NCCCN=C(N)CN)c1ncc(-n2cc3cc(-c4cc(CCCC(C)N)cc(Cl)c4F)[nH]c3nc2=O)cc1SC. The van der Waals surface area contributed by atoms with E-state index < -0.39 is 11.5 Å². The van der Waals surface area contributed by atoms with E-state index in [1.54, 1.807) is 42.4 Å². The van der Waals surface area contributed by atoms with Crippen LogP contribution in [-0.2, 0) is 6.42 Å². The average Bonchev–Trinajstić information content (AvgIpc) is 3.43. The third kappa shape index (κ3) is 8.92. The number of aromatic amines is 1. The van der Waals surface area contributed by atoms with E-state index >= 15 is 4.39 Å². The van der Waals surface area contributed by atoms with Gasteiger partial charge in [0.15, 0.2) is 5.82 Å². The number of aliphatic imine (C=N–C) groups is 1. The number of nitrogens with one attached hydrogen (secondary N) is 2. The lowest BCUT2D eigenvalue weighted by Gasteiger charge is -2.20. The first-order valence-corrected chi connectivity index (χ1v) is 16.9. The molecule has 3 heterocycles. The molecular formula is C32H43ClFN9OS. The predicted molar refractivity (Wildman–Crippen MR) is 184 cm³/mol. The van der Waals surface area contributed by atoms with E-state index in [0.29, 0.717) is 40.4 Å². The summed E-state index contributed by atoms with van der Waals surface area (Å²) in [5.74, 6) is -0.0724. The van der Waals surface area contributed by atoms with Crippen molar-refractivity contribution in [3.63, 3.8) is 0 Å². The number of thioether (sulfide) groups is 1. The maximum atomic E-state index is 15.2. The lowest BCUT2D eigenvalue weighted by Crippen LogP contribution is -2.26. The van der Waals surface area contributed by atoms with Crippen molar-refractivity contribution in [1.29, 1.82) is 0 Å². The lowest BCUT2D eigenvalue weighted by atomic mass is 10.0. The van der Waals surface area contributed by atoms with Crippen LogP contribution < -0.4 is 28.2 Å². The van der Waals surface area contributed by atoms with Crippen LogP contribution in [0.25, 0.3) is 28.0 Å². The Morgan fingerprint density at radius 3 is 2.76 bits per heavy atom. The normalized spacial score (nSPS) is 13.4. The van der Waals surface area contributed by atoms with Gasteiger partial charge < -0.3 is 27.5 Å². The van der Waals surface area contributed by atoms with Crippen LogP contribution in [0.1, 0.15) is 63.3 Å². The molecule has 0 radical (unpaired) electrons. The number of nitrogens with zero attached hydrogens (tertiary/aromatic N) is 4. The van der Waals surface area contributed by atoms with E-state index in [2.05, 4.69) is 27.2 Å². The zero-order valence-electron chi connectivity index (χ0n) is 26.1. The van der Waals surface area contributed by atoms with Gasteiger partial charge in [-0.2, -0.15) is 4.98 Å². The van der Waals surface area contributed by atoms with Crippen LogP contribution in [0.15, 0.2) is 51.3 Å². The molecule has 0 amide bonds. The summed E-state index contributed by atoms with van der Waals surface area (Å²) in [5.41, 5.74) is 20.2. The molecule has 4 aromatic rings. The monoisotopic (exact) mass is 655 g/mol. The highest BCUT2D eigenvalue weighted by atomic mass is 35.5. The number of amidine groups is 1. The molecule has 3 aromatic heterocycles. The Balaban J connectivity index is 1.61. The van der Waals surface area contributed by atoms with Crippen LogP contribution in [0.2, 0.25) is 5.02 Å². The summed E-state index contributed by atoms with van der Waals surface area (Å²) in [4.78, 5) is 30.6. The predicted octanol–water partition coefficient (Wildman–Crippen LogP) is 5.10. The Bertz CT molecular complexity index is 1690. The van der Waals surface area contributed by atoms with Gasteiger partial charge in [-0.3, -0.25) is 14.5 Å². The van der Waals surface area contributed by atoms with Gasteiger partial charge in [0.1, 0.15) is 11.5 Å². The summed E-state index contributed by atoms with van der Waals surface area (Å²) in [5, 5.41) is 4.30. The summed E-state index contributed by atoms with van der Waals surface area (Å²) in [6.45, 7) is 5.71. The van der Waals surface area contributed by atoms with Crippen LogP contribution >= 0.6 is 23.4 Å². The molecule has 0 saturated carbocycles. The first kappa shape index (κ1) is 34.6.